The van der Waals surface area contributed by atoms with E-state index < -0.39 is 18.5 Å². The number of nitrogens with two attached hydrogens (primary N) is 1. The number of rotatable bonds is 9. The van der Waals surface area contributed by atoms with Crippen molar-refractivity contribution in [3.05, 3.63) is 145 Å². The Hall–Kier alpha value is -4.42. The smallest absolute Gasteiger partial charge is 0.399 e. The van der Waals surface area contributed by atoms with Gasteiger partial charge in [-0.15, -0.1) is 4.08 Å². The van der Waals surface area contributed by atoms with E-state index in [1.807, 2.05) is 110 Å². The highest BCUT2D eigenvalue weighted by molar-refractivity contribution is 7.93. The summed E-state index contributed by atoms with van der Waals surface area (Å²) in [6.07, 6.45) is 0. The van der Waals surface area contributed by atoms with Crippen LogP contribution in [0.4, 0.5) is 5.69 Å². The van der Waals surface area contributed by atoms with Gasteiger partial charge >= 0.3 is 8.53 Å². The topological polar surface area (TPSA) is 81.9 Å². The van der Waals surface area contributed by atoms with Crippen molar-refractivity contribution in [3.8, 4) is 11.5 Å². The zero-order chi connectivity index (χ0) is 29.1. The SMILES string of the molecule is Cc1ccc(S(=O)(=O)N(Cc2ccccc2N)P(Oc2cccc3ccccc23)Oc2cccc3ccccc23)cc1. The minimum atomic E-state index is -4.12. The standard InChI is InChI=1S/C34H29N2O4PS/c1-25-20-22-29(23-21-25)42(37,38)36(24-28-12-4-7-17-32(28)35)41(39-33-18-8-13-26-10-2-5-15-30(26)33)40-34-19-9-14-27-11-3-6-16-31(27)34/h2-23H,24,35H2,1H3. The molecule has 0 atom stereocenters. The average molecular weight is 593 g/mol. The lowest BCUT2D eigenvalue weighted by Gasteiger charge is -2.30. The number of anilines is 1. The van der Waals surface area contributed by atoms with Crippen LogP contribution in [0.15, 0.2) is 138 Å². The third-order valence-corrected chi connectivity index (χ3v) is 10.8. The van der Waals surface area contributed by atoms with Crippen molar-refractivity contribution in [2.45, 2.75) is 18.4 Å². The van der Waals surface area contributed by atoms with Crippen LogP contribution in [0.25, 0.3) is 21.5 Å². The Balaban J connectivity index is 1.53. The van der Waals surface area contributed by atoms with Gasteiger partial charge in [0.1, 0.15) is 11.5 Å². The molecule has 2 N–H and O–H groups in total. The van der Waals surface area contributed by atoms with Gasteiger partial charge in [-0.3, -0.25) is 0 Å². The Morgan fingerprint density at radius 3 is 1.71 bits per heavy atom. The molecule has 42 heavy (non-hydrogen) atoms. The molecule has 0 unspecified atom stereocenters. The number of hydrogen-bond donors (Lipinski definition) is 1. The highest BCUT2D eigenvalue weighted by Gasteiger charge is 2.38. The van der Waals surface area contributed by atoms with Crippen LogP contribution in [0.1, 0.15) is 11.1 Å². The first-order valence-corrected chi connectivity index (χ1v) is 16.0. The predicted molar refractivity (Wildman–Crippen MR) is 171 cm³/mol. The summed E-state index contributed by atoms with van der Waals surface area (Å²) in [5, 5.41) is 3.63. The maximum Gasteiger partial charge on any atom is 0.399 e. The third kappa shape index (κ3) is 5.68. The molecule has 0 aliphatic carbocycles. The number of sulfonamides is 1. The van der Waals surface area contributed by atoms with E-state index in [2.05, 4.69) is 0 Å². The minimum Gasteiger partial charge on any atom is -0.426 e. The molecular weight excluding hydrogens is 563 g/mol. The molecule has 0 aliphatic heterocycles. The molecule has 210 valence electrons. The highest BCUT2D eigenvalue weighted by Crippen LogP contribution is 2.50. The summed E-state index contributed by atoms with van der Waals surface area (Å²) in [6, 6.07) is 41.0. The van der Waals surface area contributed by atoms with Crippen molar-refractivity contribution >= 4 is 45.8 Å². The second-order valence-corrected chi connectivity index (χ2v) is 13.3. The number of fused-ring (bicyclic) bond motifs is 2. The first-order valence-electron chi connectivity index (χ1n) is 13.4. The second-order valence-electron chi connectivity index (χ2n) is 9.87. The maximum atomic E-state index is 14.4. The van der Waals surface area contributed by atoms with Crippen molar-refractivity contribution in [3.63, 3.8) is 0 Å². The monoisotopic (exact) mass is 592 g/mol. The van der Waals surface area contributed by atoms with Crippen LogP contribution in [0.2, 0.25) is 0 Å². The van der Waals surface area contributed by atoms with E-state index in [1.54, 1.807) is 30.3 Å². The van der Waals surface area contributed by atoms with E-state index in [9.17, 15) is 8.42 Å². The highest BCUT2D eigenvalue weighted by atomic mass is 32.2. The molecule has 0 aromatic heterocycles. The lowest BCUT2D eigenvalue weighted by molar-refractivity contribution is 0.422. The van der Waals surface area contributed by atoms with Crippen LogP contribution in [0.5, 0.6) is 11.5 Å². The summed E-state index contributed by atoms with van der Waals surface area (Å²) < 4.78 is 43.5. The van der Waals surface area contributed by atoms with Crippen LogP contribution in [0.3, 0.4) is 0 Å². The fourth-order valence-electron chi connectivity index (χ4n) is 4.71. The summed E-state index contributed by atoms with van der Waals surface area (Å²) in [4.78, 5) is 0.137. The molecular formula is C34H29N2O4PS. The Bertz CT molecular complexity index is 1890. The summed E-state index contributed by atoms with van der Waals surface area (Å²) in [6.45, 7) is 1.86. The zero-order valence-corrected chi connectivity index (χ0v) is 24.6. The molecule has 0 aliphatic rings. The summed E-state index contributed by atoms with van der Waals surface area (Å²) in [7, 11) is -6.41. The molecule has 0 saturated carbocycles. The molecule has 6 aromatic rings. The fourth-order valence-corrected chi connectivity index (χ4v) is 8.07. The maximum absolute atomic E-state index is 14.4. The summed E-state index contributed by atoms with van der Waals surface area (Å²) in [5.41, 5.74) is 8.40. The van der Waals surface area contributed by atoms with Gasteiger partial charge in [0.25, 0.3) is 10.0 Å². The zero-order valence-electron chi connectivity index (χ0n) is 22.9. The van der Waals surface area contributed by atoms with E-state index in [0.29, 0.717) is 22.7 Å². The number of benzene rings is 6. The second kappa shape index (κ2) is 11.8. The van der Waals surface area contributed by atoms with Gasteiger partial charge in [0, 0.05) is 16.5 Å². The molecule has 0 spiro atoms. The molecule has 6 aromatic carbocycles. The fraction of sp³-hybridized carbons (Fsp3) is 0.0588. The molecule has 6 nitrogen and oxygen atoms in total. The number of nitrogen functional groups attached to an aromatic ring is 1. The first kappa shape index (κ1) is 27.7. The molecule has 0 bridgehead atoms. The number of para-hydroxylation sites is 1. The molecule has 0 saturated heterocycles. The normalized spacial score (nSPS) is 11.8. The van der Waals surface area contributed by atoms with Crippen LogP contribution in [0, 0.1) is 6.92 Å². The van der Waals surface area contributed by atoms with Gasteiger partial charge in [-0.05, 0) is 53.6 Å². The summed E-state index contributed by atoms with van der Waals surface area (Å²) >= 11 is 0. The van der Waals surface area contributed by atoms with Crippen molar-refractivity contribution in [1.29, 1.82) is 0 Å². The van der Waals surface area contributed by atoms with Crippen LogP contribution < -0.4 is 14.8 Å². The third-order valence-electron chi connectivity index (χ3n) is 6.99. The van der Waals surface area contributed by atoms with Gasteiger partial charge < -0.3 is 14.8 Å². The van der Waals surface area contributed by atoms with E-state index in [0.717, 1.165) is 27.1 Å². The predicted octanol–water partition coefficient (Wildman–Crippen LogP) is 8.46. The largest absolute Gasteiger partial charge is 0.426 e. The molecule has 0 amide bonds. The Morgan fingerprint density at radius 1 is 0.643 bits per heavy atom. The molecule has 6 rings (SSSR count). The molecule has 0 radical (unpaired) electrons. The number of hydrogen-bond acceptors (Lipinski definition) is 5. The van der Waals surface area contributed by atoms with E-state index >= 15 is 0 Å². The van der Waals surface area contributed by atoms with Crippen LogP contribution in [-0.4, -0.2) is 12.5 Å². The quantitative estimate of drug-likeness (QED) is 0.135. The van der Waals surface area contributed by atoms with Gasteiger partial charge in [0.05, 0.1) is 11.4 Å². The van der Waals surface area contributed by atoms with E-state index in [-0.39, 0.29) is 11.4 Å². The van der Waals surface area contributed by atoms with Gasteiger partial charge in [0.2, 0.25) is 0 Å². The molecule has 8 heteroatoms. The summed E-state index contributed by atoms with van der Waals surface area (Å²) in [5.74, 6) is 1.04. The van der Waals surface area contributed by atoms with Gasteiger partial charge in [0.15, 0.2) is 0 Å². The number of aryl methyl sites for hydroxylation is 1. The van der Waals surface area contributed by atoms with Crippen molar-refractivity contribution in [1.82, 2.24) is 4.08 Å². The van der Waals surface area contributed by atoms with Crippen LogP contribution >= 0.6 is 8.53 Å². The Labute approximate surface area is 247 Å². The minimum absolute atomic E-state index is 0.0515. The van der Waals surface area contributed by atoms with Gasteiger partial charge in [-0.1, -0.05) is 109 Å². The average Bonchev–Trinajstić information content (AvgIpc) is 3.01. The lowest BCUT2D eigenvalue weighted by atomic mass is 10.1. The van der Waals surface area contributed by atoms with Crippen LogP contribution in [-0.2, 0) is 16.6 Å². The van der Waals surface area contributed by atoms with Crippen molar-refractivity contribution in [2.24, 2.45) is 0 Å². The van der Waals surface area contributed by atoms with Gasteiger partial charge in [-0.2, -0.15) is 0 Å². The van der Waals surface area contributed by atoms with Crippen molar-refractivity contribution < 1.29 is 17.5 Å². The molecule has 0 fully saturated rings. The van der Waals surface area contributed by atoms with E-state index in [4.69, 9.17) is 14.8 Å². The Kier molecular flexibility index (Phi) is 7.81. The van der Waals surface area contributed by atoms with Crippen molar-refractivity contribution in [2.75, 3.05) is 5.73 Å². The van der Waals surface area contributed by atoms with Gasteiger partial charge in [-0.25, -0.2) is 8.42 Å². The Morgan fingerprint density at radius 2 is 1.14 bits per heavy atom. The lowest BCUT2D eigenvalue weighted by Crippen LogP contribution is -2.30. The number of nitrogens with zero attached hydrogens (tertiary/aromatic N) is 1. The molecule has 0 heterocycles. The first-order chi connectivity index (χ1) is 20.4. The van der Waals surface area contributed by atoms with E-state index in [1.165, 1.54) is 4.08 Å².